The molecule has 0 saturated heterocycles. The molecule has 5 nitrogen and oxygen atoms in total. The number of pyridine rings is 1. The lowest BCUT2D eigenvalue weighted by Crippen LogP contribution is -2.24. The Balaban J connectivity index is 2.94. The minimum absolute atomic E-state index is 0.340. The van der Waals surface area contributed by atoms with Crippen molar-refractivity contribution < 1.29 is 14.6 Å². The molecule has 0 radical (unpaired) electrons. The Labute approximate surface area is 75.6 Å². The highest BCUT2D eigenvalue weighted by atomic mass is 16.5. The number of hydrogen-bond donors (Lipinski definition) is 1. The van der Waals surface area contributed by atoms with E-state index in [2.05, 4.69) is 4.98 Å². The van der Waals surface area contributed by atoms with Crippen LogP contribution in [-0.2, 0) is 0 Å². The van der Waals surface area contributed by atoms with E-state index in [1.165, 1.54) is 14.2 Å². The zero-order valence-electron chi connectivity index (χ0n) is 7.39. The van der Waals surface area contributed by atoms with Crippen LogP contribution in [0.15, 0.2) is 18.2 Å². The number of ether oxygens (including phenoxy) is 1. The lowest BCUT2D eigenvalue weighted by atomic mass is 10.4. The van der Waals surface area contributed by atoms with Crippen LogP contribution < -0.4 is 9.64 Å². The summed E-state index contributed by atoms with van der Waals surface area (Å²) in [6.45, 7) is 0. The second kappa shape index (κ2) is 3.75. The summed E-state index contributed by atoms with van der Waals surface area (Å²) >= 11 is 0. The molecule has 0 bridgehead atoms. The van der Waals surface area contributed by atoms with Gasteiger partial charge in [-0.3, -0.25) is 4.90 Å². The number of amides is 1. The molecule has 1 rings (SSSR count). The first kappa shape index (κ1) is 9.31. The number of methoxy groups -OCH3 is 1. The molecule has 1 aromatic heterocycles. The van der Waals surface area contributed by atoms with Crippen molar-refractivity contribution in [3.8, 4) is 5.88 Å². The zero-order chi connectivity index (χ0) is 9.84. The fourth-order valence-electron chi connectivity index (χ4n) is 0.802. The maximum atomic E-state index is 10.5. The summed E-state index contributed by atoms with van der Waals surface area (Å²) in [4.78, 5) is 15.5. The van der Waals surface area contributed by atoms with E-state index in [0.717, 1.165) is 4.90 Å². The molecule has 0 unspecified atom stereocenters. The minimum atomic E-state index is -1.05. The highest BCUT2D eigenvalue weighted by molar-refractivity contribution is 5.83. The Morgan fingerprint density at radius 3 is 2.85 bits per heavy atom. The molecule has 70 valence electrons. The average molecular weight is 182 g/mol. The van der Waals surface area contributed by atoms with Gasteiger partial charge in [0.1, 0.15) is 5.82 Å². The van der Waals surface area contributed by atoms with E-state index in [0.29, 0.717) is 11.7 Å². The summed E-state index contributed by atoms with van der Waals surface area (Å²) in [5, 5.41) is 8.64. The fourth-order valence-corrected chi connectivity index (χ4v) is 0.802. The molecule has 0 fully saturated rings. The monoisotopic (exact) mass is 182 g/mol. The average Bonchev–Trinajstić information content (AvgIpc) is 2.16. The summed E-state index contributed by atoms with van der Waals surface area (Å²) in [5.41, 5.74) is 0. The zero-order valence-corrected chi connectivity index (χ0v) is 7.39. The van der Waals surface area contributed by atoms with Crippen molar-refractivity contribution in [3.63, 3.8) is 0 Å². The van der Waals surface area contributed by atoms with E-state index in [9.17, 15) is 4.79 Å². The lowest BCUT2D eigenvalue weighted by Gasteiger charge is -2.11. The predicted molar refractivity (Wildman–Crippen MR) is 47.2 cm³/mol. The van der Waals surface area contributed by atoms with Crippen molar-refractivity contribution in [3.05, 3.63) is 18.2 Å². The Hall–Kier alpha value is -1.78. The molecule has 1 N–H and O–H groups in total. The summed E-state index contributed by atoms with van der Waals surface area (Å²) in [7, 11) is 2.90. The molecule has 0 aliphatic heterocycles. The highest BCUT2D eigenvalue weighted by Crippen LogP contribution is 2.13. The van der Waals surface area contributed by atoms with Gasteiger partial charge in [0.25, 0.3) is 0 Å². The summed E-state index contributed by atoms with van der Waals surface area (Å²) in [6.07, 6.45) is -1.05. The third kappa shape index (κ3) is 2.08. The van der Waals surface area contributed by atoms with Gasteiger partial charge >= 0.3 is 6.09 Å². The molecule has 1 aromatic rings. The minimum Gasteiger partial charge on any atom is -0.481 e. The molecule has 5 heteroatoms. The Morgan fingerprint density at radius 2 is 2.31 bits per heavy atom. The first-order valence-electron chi connectivity index (χ1n) is 3.63. The van der Waals surface area contributed by atoms with Crippen molar-refractivity contribution in [2.45, 2.75) is 0 Å². The van der Waals surface area contributed by atoms with Crippen LogP contribution in [0.5, 0.6) is 5.88 Å². The van der Waals surface area contributed by atoms with Crippen molar-refractivity contribution in [1.82, 2.24) is 4.98 Å². The number of nitrogens with zero attached hydrogens (tertiary/aromatic N) is 2. The van der Waals surface area contributed by atoms with Gasteiger partial charge in [-0.1, -0.05) is 6.07 Å². The van der Waals surface area contributed by atoms with E-state index in [4.69, 9.17) is 9.84 Å². The maximum absolute atomic E-state index is 10.5. The van der Waals surface area contributed by atoms with Gasteiger partial charge in [0.15, 0.2) is 0 Å². The van der Waals surface area contributed by atoms with E-state index >= 15 is 0 Å². The Bertz CT molecular complexity index is 314. The molecule has 0 saturated carbocycles. The first-order valence-corrected chi connectivity index (χ1v) is 3.63. The smallest absolute Gasteiger partial charge is 0.412 e. The second-order valence-corrected chi connectivity index (χ2v) is 2.38. The predicted octanol–water partition coefficient (Wildman–Crippen LogP) is 1.20. The molecule has 0 aliphatic rings. The third-order valence-electron chi connectivity index (χ3n) is 1.55. The van der Waals surface area contributed by atoms with Crippen LogP contribution in [0.4, 0.5) is 10.6 Å². The fraction of sp³-hybridized carbons (Fsp3) is 0.250. The first-order chi connectivity index (χ1) is 6.15. The second-order valence-electron chi connectivity index (χ2n) is 2.38. The number of aromatic nitrogens is 1. The van der Waals surface area contributed by atoms with Gasteiger partial charge in [0.05, 0.1) is 7.11 Å². The van der Waals surface area contributed by atoms with Crippen LogP contribution in [0.25, 0.3) is 0 Å². The molecule has 0 spiro atoms. The van der Waals surface area contributed by atoms with Crippen LogP contribution in [0.3, 0.4) is 0 Å². The molecule has 13 heavy (non-hydrogen) atoms. The number of anilines is 1. The summed E-state index contributed by atoms with van der Waals surface area (Å²) in [5.74, 6) is 0.734. The van der Waals surface area contributed by atoms with Crippen LogP contribution in [0.2, 0.25) is 0 Å². The molecular formula is C8H10N2O3. The van der Waals surface area contributed by atoms with Gasteiger partial charge in [-0.05, 0) is 6.07 Å². The van der Waals surface area contributed by atoms with Crippen LogP contribution in [0, 0.1) is 0 Å². The van der Waals surface area contributed by atoms with Crippen LogP contribution in [0.1, 0.15) is 0 Å². The number of rotatable bonds is 2. The van der Waals surface area contributed by atoms with Gasteiger partial charge in [-0.2, -0.15) is 4.98 Å². The van der Waals surface area contributed by atoms with Crippen LogP contribution in [-0.4, -0.2) is 30.3 Å². The molecular weight excluding hydrogens is 172 g/mol. The van der Waals surface area contributed by atoms with E-state index < -0.39 is 6.09 Å². The van der Waals surface area contributed by atoms with Crippen molar-refractivity contribution in [2.75, 3.05) is 19.1 Å². The van der Waals surface area contributed by atoms with E-state index in [1.807, 2.05) is 0 Å². The van der Waals surface area contributed by atoms with Crippen molar-refractivity contribution in [2.24, 2.45) is 0 Å². The highest BCUT2D eigenvalue weighted by Gasteiger charge is 2.09. The van der Waals surface area contributed by atoms with Gasteiger partial charge in [0.2, 0.25) is 5.88 Å². The van der Waals surface area contributed by atoms with E-state index in [-0.39, 0.29) is 0 Å². The Morgan fingerprint density at radius 1 is 1.62 bits per heavy atom. The summed E-state index contributed by atoms with van der Waals surface area (Å²) < 4.78 is 4.85. The third-order valence-corrected chi connectivity index (χ3v) is 1.55. The quantitative estimate of drug-likeness (QED) is 0.746. The van der Waals surface area contributed by atoms with E-state index in [1.54, 1.807) is 18.2 Å². The molecule has 0 aliphatic carbocycles. The van der Waals surface area contributed by atoms with Crippen LogP contribution >= 0.6 is 0 Å². The molecule has 1 heterocycles. The molecule has 0 atom stereocenters. The van der Waals surface area contributed by atoms with Gasteiger partial charge in [0, 0.05) is 13.1 Å². The molecule has 0 aromatic carbocycles. The molecule has 1 amide bonds. The topological polar surface area (TPSA) is 62.7 Å². The maximum Gasteiger partial charge on any atom is 0.412 e. The number of carboxylic acid groups (broad SMARTS) is 1. The number of carbonyl (C=O) groups is 1. The van der Waals surface area contributed by atoms with Crippen molar-refractivity contribution >= 4 is 11.9 Å². The van der Waals surface area contributed by atoms with Gasteiger partial charge in [-0.15, -0.1) is 0 Å². The number of hydrogen-bond acceptors (Lipinski definition) is 3. The standard InChI is InChI=1S/C8H10N2O3/c1-10(8(11)12)6-4-3-5-7(9-6)13-2/h3-5H,1-2H3,(H,11,12). The lowest BCUT2D eigenvalue weighted by molar-refractivity contribution is 0.203. The summed E-state index contributed by atoms with van der Waals surface area (Å²) in [6, 6.07) is 4.93. The van der Waals surface area contributed by atoms with Gasteiger partial charge < -0.3 is 9.84 Å². The van der Waals surface area contributed by atoms with Crippen molar-refractivity contribution in [1.29, 1.82) is 0 Å². The van der Waals surface area contributed by atoms with Gasteiger partial charge in [-0.25, -0.2) is 4.79 Å². The normalized spacial score (nSPS) is 9.38. The Kier molecular flexibility index (Phi) is 2.69. The largest absolute Gasteiger partial charge is 0.481 e. The SMILES string of the molecule is COc1cccc(N(C)C(=O)O)n1.